The van der Waals surface area contributed by atoms with E-state index in [0.717, 1.165) is 0 Å². The molecule has 0 radical (unpaired) electrons. The fourth-order valence-corrected chi connectivity index (χ4v) is 6.59. The molecule has 3 N–H and O–H groups in total. The summed E-state index contributed by atoms with van der Waals surface area (Å²) in [5, 5.41) is 28.7. The lowest BCUT2D eigenvalue weighted by atomic mass is 10.0. The molecule has 0 bridgehead atoms. The van der Waals surface area contributed by atoms with Crippen molar-refractivity contribution in [1.29, 1.82) is 0 Å². The number of aliphatic hydroxyl groups is 3. The molecule has 120 valence electrons. The summed E-state index contributed by atoms with van der Waals surface area (Å²) in [5.74, 6) is -0.885. The fraction of sp³-hybridized carbons (Fsp3) is 1.00. The van der Waals surface area contributed by atoms with Crippen molar-refractivity contribution < 1.29 is 36.9 Å². The van der Waals surface area contributed by atoms with Crippen LogP contribution in [0, 0.1) is 0 Å². The standard InChI is InChI=1S/C10H20O8S2/c1-3-19(14,15)10(20(16,17)4-2)9-8(13)7(12)6(11)5-18-9/h6-13H,3-5H2,1-2H3/t6-,7-,8+,9+/m1/s1. The van der Waals surface area contributed by atoms with Crippen LogP contribution in [0.15, 0.2) is 0 Å². The van der Waals surface area contributed by atoms with E-state index in [1.54, 1.807) is 0 Å². The molecule has 0 aromatic heterocycles. The van der Waals surface area contributed by atoms with Gasteiger partial charge in [0.25, 0.3) is 0 Å². The third-order valence-electron chi connectivity index (χ3n) is 3.32. The van der Waals surface area contributed by atoms with Gasteiger partial charge in [0.2, 0.25) is 0 Å². The first-order valence-electron chi connectivity index (χ1n) is 6.17. The number of sulfone groups is 2. The zero-order valence-corrected chi connectivity index (χ0v) is 12.8. The van der Waals surface area contributed by atoms with Gasteiger partial charge >= 0.3 is 0 Å². The molecule has 10 heteroatoms. The van der Waals surface area contributed by atoms with Crippen LogP contribution >= 0.6 is 0 Å². The van der Waals surface area contributed by atoms with Gasteiger partial charge < -0.3 is 20.1 Å². The Hall–Kier alpha value is -0.260. The first-order valence-corrected chi connectivity index (χ1v) is 9.60. The lowest BCUT2D eigenvalue weighted by molar-refractivity contribution is -0.182. The highest BCUT2D eigenvalue weighted by Gasteiger charge is 2.50. The van der Waals surface area contributed by atoms with Crippen molar-refractivity contribution in [3.8, 4) is 0 Å². The highest BCUT2D eigenvalue weighted by molar-refractivity contribution is 8.09. The van der Waals surface area contributed by atoms with Gasteiger partial charge in [0.1, 0.15) is 24.4 Å². The van der Waals surface area contributed by atoms with Crippen LogP contribution in [0.1, 0.15) is 13.8 Å². The summed E-state index contributed by atoms with van der Waals surface area (Å²) >= 11 is 0. The highest BCUT2D eigenvalue weighted by atomic mass is 32.3. The van der Waals surface area contributed by atoms with Gasteiger partial charge in [-0.2, -0.15) is 0 Å². The minimum atomic E-state index is -4.07. The summed E-state index contributed by atoms with van der Waals surface area (Å²) in [4.78, 5) is 0. The zero-order chi connectivity index (χ0) is 15.7. The molecule has 20 heavy (non-hydrogen) atoms. The van der Waals surface area contributed by atoms with Crippen molar-refractivity contribution in [2.45, 2.75) is 42.8 Å². The minimum Gasteiger partial charge on any atom is -0.388 e. The summed E-state index contributed by atoms with van der Waals surface area (Å²) in [6.45, 7) is 2.12. The molecule has 0 aliphatic carbocycles. The van der Waals surface area contributed by atoms with E-state index in [1.165, 1.54) is 13.8 Å². The van der Waals surface area contributed by atoms with E-state index >= 15 is 0 Å². The van der Waals surface area contributed by atoms with E-state index in [0.29, 0.717) is 0 Å². The van der Waals surface area contributed by atoms with Crippen LogP contribution in [-0.2, 0) is 24.4 Å². The molecule has 0 unspecified atom stereocenters. The monoisotopic (exact) mass is 332 g/mol. The Morgan fingerprint density at radius 3 is 1.85 bits per heavy atom. The van der Waals surface area contributed by atoms with Gasteiger partial charge in [0.15, 0.2) is 24.3 Å². The quantitative estimate of drug-likeness (QED) is 0.509. The second-order valence-corrected chi connectivity index (χ2v) is 9.74. The number of hydrogen-bond donors (Lipinski definition) is 3. The maximum absolute atomic E-state index is 12.0. The number of hydrogen-bond acceptors (Lipinski definition) is 8. The fourth-order valence-electron chi connectivity index (χ4n) is 2.03. The molecule has 0 aromatic rings. The molecule has 4 atom stereocenters. The van der Waals surface area contributed by atoms with Gasteiger partial charge in [-0.3, -0.25) is 0 Å². The Kier molecular flexibility index (Phi) is 5.55. The van der Waals surface area contributed by atoms with E-state index < -0.39 is 66.8 Å². The van der Waals surface area contributed by atoms with Gasteiger partial charge in [-0.25, -0.2) is 16.8 Å². The van der Waals surface area contributed by atoms with Crippen molar-refractivity contribution in [1.82, 2.24) is 0 Å². The van der Waals surface area contributed by atoms with Gasteiger partial charge in [-0.15, -0.1) is 0 Å². The Labute approximate surface area is 118 Å². The summed E-state index contributed by atoms with van der Waals surface area (Å²) in [6.07, 6.45) is -6.47. The molecule has 0 amide bonds. The maximum atomic E-state index is 12.0. The molecule has 0 aromatic carbocycles. The molecular weight excluding hydrogens is 312 g/mol. The van der Waals surface area contributed by atoms with E-state index in [1.807, 2.05) is 0 Å². The van der Waals surface area contributed by atoms with Gasteiger partial charge in [-0.05, 0) is 0 Å². The molecular formula is C10H20O8S2. The van der Waals surface area contributed by atoms with E-state index in [4.69, 9.17) is 4.74 Å². The van der Waals surface area contributed by atoms with E-state index in [2.05, 4.69) is 0 Å². The Balaban J connectivity index is 3.27. The normalized spacial score (nSPS) is 32.5. The average molecular weight is 332 g/mol. The van der Waals surface area contributed by atoms with Crippen molar-refractivity contribution in [3.05, 3.63) is 0 Å². The zero-order valence-electron chi connectivity index (χ0n) is 11.2. The molecule has 1 fully saturated rings. The largest absolute Gasteiger partial charge is 0.388 e. The molecule has 1 rings (SSSR count). The summed E-state index contributed by atoms with van der Waals surface area (Å²) < 4.78 is 51.1. The van der Waals surface area contributed by atoms with Crippen LogP contribution in [0.3, 0.4) is 0 Å². The van der Waals surface area contributed by atoms with Crippen LogP contribution in [0.5, 0.6) is 0 Å². The van der Waals surface area contributed by atoms with Gasteiger partial charge in [0, 0.05) is 11.5 Å². The lowest BCUT2D eigenvalue weighted by Gasteiger charge is -2.38. The minimum absolute atomic E-state index is 0.442. The van der Waals surface area contributed by atoms with Crippen LogP contribution in [-0.4, -0.2) is 79.3 Å². The van der Waals surface area contributed by atoms with Crippen LogP contribution in [0.25, 0.3) is 0 Å². The maximum Gasteiger partial charge on any atom is 0.191 e. The van der Waals surface area contributed by atoms with E-state index in [-0.39, 0.29) is 0 Å². The molecule has 0 saturated carbocycles. The Bertz CT molecular complexity index is 491. The molecule has 0 spiro atoms. The number of ether oxygens (including phenoxy) is 1. The predicted octanol–water partition coefficient (Wildman–Crippen LogP) is -2.34. The molecule has 1 heterocycles. The van der Waals surface area contributed by atoms with Crippen molar-refractivity contribution in [3.63, 3.8) is 0 Å². The van der Waals surface area contributed by atoms with Crippen molar-refractivity contribution >= 4 is 19.7 Å². The molecule has 1 saturated heterocycles. The van der Waals surface area contributed by atoms with Gasteiger partial charge in [-0.1, -0.05) is 13.8 Å². The summed E-state index contributed by atoms with van der Waals surface area (Å²) in [6, 6.07) is 0. The van der Waals surface area contributed by atoms with Crippen molar-refractivity contribution in [2.24, 2.45) is 0 Å². The first kappa shape index (κ1) is 17.8. The van der Waals surface area contributed by atoms with Crippen LogP contribution < -0.4 is 0 Å². The first-order chi connectivity index (χ1) is 9.08. The molecule has 1 aliphatic heterocycles. The SMILES string of the molecule is CCS(=O)(=O)C([C@H]1OC[C@@H](O)[C@@H](O)[C@@H]1O)S(=O)(=O)CC. The number of rotatable bonds is 5. The second-order valence-electron chi connectivity index (χ2n) is 4.62. The van der Waals surface area contributed by atoms with E-state index in [9.17, 15) is 32.2 Å². The summed E-state index contributed by atoms with van der Waals surface area (Å²) in [7, 11) is -8.14. The van der Waals surface area contributed by atoms with Crippen LogP contribution in [0.2, 0.25) is 0 Å². The van der Waals surface area contributed by atoms with Crippen LogP contribution in [0.4, 0.5) is 0 Å². The second kappa shape index (κ2) is 6.24. The number of aliphatic hydroxyl groups excluding tert-OH is 3. The van der Waals surface area contributed by atoms with Crippen molar-refractivity contribution in [2.75, 3.05) is 18.1 Å². The molecule has 1 aliphatic rings. The van der Waals surface area contributed by atoms with Gasteiger partial charge in [0.05, 0.1) is 6.61 Å². The molecule has 8 nitrogen and oxygen atoms in total. The Morgan fingerprint density at radius 2 is 1.45 bits per heavy atom. The highest BCUT2D eigenvalue weighted by Crippen LogP contribution is 2.26. The third-order valence-corrected chi connectivity index (χ3v) is 8.64. The summed E-state index contributed by atoms with van der Waals surface area (Å²) in [5.41, 5.74) is 0. The predicted molar refractivity (Wildman–Crippen MR) is 70.5 cm³/mol. The average Bonchev–Trinajstić information content (AvgIpc) is 2.39. The third kappa shape index (κ3) is 3.31. The Morgan fingerprint density at radius 1 is 1.00 bits per heavy atom. The lowest BCUT2D eigenvalue weighted by Crippen LogP contribution is -2.60. The smallest absolute Gasteiger partial charge is 0.191 e. The topological polar surface area (TPSA) is 138 Å².